The van der Waals surface area contributed by atoms with E-state index < -0.39 is 9.84 Å². The molecule has 0 fully saturated rings. The van der Waals surface area contributed by atoms with Crippen LogP contribution in [0.25, 0.3) is 5.69 Å². The Balaban J connectivity index is 2.10. The smallest absolute Gasteiger partial charge is 0.227 e. The summed E-state index contributed by atoms with van der Waals surface area (Å²) in [5.41, 5.74) is 0.753. The largest absolute Gasteiger partial charge is 0.508 e. The van der Waals surface area contributed by atoms with E-state index >= 15 is 0 Å². The number of phenols is 2. The Morgan fingerprint density at radius 1 is 1.03 bits per heavy atom. The second-order valence-electron chi connectivity index (χ2n) is 7.68. The molecule has 0 saturated heterocycles. The zero-order chi connectivity index (χ0) is 21.6. The van der Waals surface area contributed by atoms with Gasteiger partial charge in [0.05, 0.1) is 17.7 Å². The number of aromatic nitrogens is 3. The van der Waals surface area contributed by atoms with Gasteiger partial charge >= 0.3 is 0 Å². The van der Waals surface area contributed by atoms with Gasteiger partial charge in [-0.25, -0.2) is 13.1 Å². The normalized spacial score (nSPS) is 12.2. The number of methoxy groups -OCH3 is 1. The van der Waals surface area contributed by atoms with Crippen molar-refractivity contribution in [3.05, 3.63) is 47.7 Å². The third kappa shape index (κ3) is 3.65. The molecule has 0 aliphatic carbocycles. The summed E-state index contributed by atoms with van der Waals surface area (Å²) in [6.45, 7) is 7.31. The van der Waals surface area contributed by atoms with Crippen molar-refractivity contribution < 1.29 is 23.4 Å². The summed E-state index contributed by atoms with van der Waals surface area (Å²) in [4.78, 5) is -0.0898. The molecule has 0 saturated carbocycles. The maximum Gasteiger partial charge on any atom is 0.227 e. The zero-order valence-corrected chi connectivity index (χ0v) is 17.6. The number of sulfone groups is 1. The van der Waals surface area contributed by atoms with Crippen LogP contribution in [0.1, 0.15) is 32.0 Å². The highest BCUT2D eigenvalue weighted by Gasteiger charge is 2.28. The molecule has 3 rings (SSSR count). The Hall–Kier alpha value is -3.07. The van der Waals surface area contributed by atoms with Crippen molar-refractivity contribution in [3.8, 4) is 22.9 Å². The van der Waals surface area contributed by atoms with Crippen LogP contribution in [-0.4, -0.2) is 40.7 Å². The van der Waals surface area contributed by atoms with Gasteiger partial charge in [-0.2, -0.15) is 0 Å². The van der Waals surface area contributed by atoms with Crippen LogP contribution in [0.15, 0.2) is 46.3 Å². The van der Waals surface area contributed by atoms with Crippen LogP contribution in [-0.2, 0) is 15.3 Å². The topological polar surface area (TPSA) is 115 Å². The average molecular weight is 417 g/mol. The summed E-state index contributed by atoms with van der Waals surface area (Å²) in [7, 11) is -2.56. The van der Waals surface area contributed by atoms with E-state index in [1.54, 1.807) is 12.1 Å². The fourth-order valence-corrected chi connectivity index (χ4v) is 4.37. The highest BCUT2D eigenvalue weighted by atomic mass is 32.2. The molecule has 0 aliphatic rings. The van der Waals surface area contributed by atoms with Gasteiger partial charge in [-0.1, -0.05) is 32.1 Å². The standard InChI is InChI=1S/C20H23N3O5S/c1-12-19(21-22-23(12)16-10-13(28-5)6-9-17(16)24)29(26,27)14-7-8-15(18(25)11-14)20(2,3)4/h6-11,24-25H,1-5H3. The highest BCUT2D eigenvalue weighted by Crippen LogP contribution is 2.34. The summed E-state index contributed by atoms with van der Waals surface area (Å²) in [5.74, 6) is 0.267. The van der Waals surface area contributed by atoms with Gasteiger partial charge in [0.25, 0.3) is 0 Å². The van der Waals surface area contributed by atoms with Gasteiger partial charge in [-0.3, -0.25) is 0 Å². The van der Waals surface area contributed by atoms with Crippen molar-refractivity contribution in [2.24, 2.45) is 0 Å². The third-order valence-electron chi connectivity index (χ3n) is 4.61. The Morgan fingerprint density at radius 2 is 1.72 bits per heavy atom. The predicted molar refractivity (Wildman–Crippen MR) is 107 cm³/mol. The summed E-state index contributed by atoms with van der Waals surface area (Å²) in [5, 5.41) is 28.0. The fourth-order valence-electron chi connectivity index (χ4n) is 3.02. The number of ether oxygens (including phenoxy) is 1. The molecule has 9 heteroatoms. The minimum Gasteiger partial charge on any atom is -0.508 e. The minimum atomic E-state index is -4.04. The molecule has 1 heterocycles. The second-order valence-corrected chi connectivity index (χ2v) is 9.54. The van der Waals surface area contributed by atoms with E-state index in [2.05, 4.69) is 10.3 Å². The number of benzene rings is 2. The first-order chi connectivity index (χ1) is 13.5. The van der Waals surface area contributed by atoms with E-state index in [1.807, 2.05) is 20.8 Å². The molecule has 0 atom stereocenters. The molecule has 154 valence electrons. The summed E-state index contributed by atoms with van der Waals surface area (Å²) in [6, 6.07) is 8.77. The molecule has 1 aromatic heterocycles. The first-order valence-corrected chi connectivity index (χ1v) is 10.3. The highest BCUT2D eigenvalue weighted by molar-refractivity contribution is 7.91. The van der Waals surface area contributed by atoms with E-state index in [1.165, 1.54) is 43.0 Å². The fraction of sp³-hybridized carbons (Fsp3) is 0.300. The van der Waals surface area contributed by atoms with Crippen molar-refractivity contribution in [1.82, 2.24) is 15.0 Å². The zero-order valence-electron chi connectivity index (χ0n) is 16.8. The van der Waals surface area contributed by atoms with Crippen LogP contribution >= 0.6 is 0 Å². The maximum absolute atomic E-state index is 13.1. The molecule has 8 nitrogen and oxygen atoms in total. The molecule has 2 aromatic carbocycles. The molecular formula is C20H23N3O5S. The van der Waals surface area contributed by atoms with E-state index in [-0.39, 0.29) is 38.2 Å². The first-order valence-electron chi connectivity index (χ1n) is 8.85. The monoisotopic (exact) mass is 417 g/mol. The van der Waals surface area contributed by atoms with E-state index in [0.717, 1.165) is 0 Å². The lowest BCUT2D eigenvalue weighted by molar-refractivity contribution is 0.411. The van der Waals surface area contributed by atoms with E-state index in [4.69, 9.17) is 4.74 Å². The molecular weight excluding hydrogens is 394 g/mol. The lowest BCUT2D eigenvalue weighted by Gasteiger charge is -2.20. The van der Waals surface area contributed by atoms with Crippen molar-refractivity contribution in [1.29, 1.82) is 0 Å². The van der Waals surface area contributed by atoms with Crippen LogP contribution < -0.4 is 4.74 Å². The van der Waals surface area contributed by atoms with Gasteiger partial charge in [0.15, 0.2) is 0 Å². The van der Waals surface area contributed by atoms with E-state index in [0.29, 0.717) is 11.3 Å². The van der Waals surface area contributed by atoms with Crippen molar-refractivity contribution in [2.45, 2.75) is 43.0 Å². The van der Waals surface area contributed by atoms with Crippen LogP contribution in [0.5, 0.6) is 17.2 Å². The number of hydrogen-bond donors (Lipinski definition) is 2. The van der Waals surface area contributed by atoms with Gasteiger partial charge < -0.3 is 14.9 Å². The summed E-state index contributed by atoms with van der Waals surface area (Å²) < 4.78 is 32.6. The number of aromatic hydroxyl groups is 2. The average Bonchev–Trinajstić information content (AvgIpc) is 3.03. The van der Waals surface area contributed by atoms with Gasteiger partial charge in [0, 0.05) is 6.07 Å². The maximum atomic E-state index is 13.1. The second kappa shape index (κ2) is 7.07. The van der Waals surface area contributed by atoms with Crippen molar-refractivity contribution in [2.75, 3.05) is 7.11 Å². The Kier molecular flexibility index (Phi) is 5.04. The molecule has 0 radical (unpaired) electrons. The molecule has 0 amide bonds. The SMILES string of the molecule is COc1ccc(O)c(-n2nnc(S(=O)(=O)c3ccc(C(C)(C)C)c(O)c3)c2C)c1. The quantitative estimate of drug-likeness (QED) is 0.670. The summed E-state index contributed by atoms with van der Waals surface area (Å²) >= 11 is 0. The number of rotatable bonds is 4. The summed E-state index contributed by atoms with van der Waals surface area (Å²) in [6.07, 6.45) is 0. The lowest BCUT2D eigenvalue weighted by atomic mass is 9.86. The van der Waals surface area contributed by atoms with Gasteiger partial charge in [-0.15, -0.1) is 5.10 Å². The van der Waals surface area contributed by atoms with Gasteiger partial charge in [0.1, 0.15) is 22.9 Å². The van der Waals surface area contributed by atoms with E-state index in [9.17, 15) is 18.6 Å². The number of phenolic OH excluding ortho intramolecular Hbond substituents is 2. The predicted octanol–water partition coefficient (Wildman–Crippen LogP) is 3.13. The molecule has 0 spiro atoms. The first kappa shape index (κ1) is 20.7. The van der Waals surface area contributed by atoms with Gasteiger partial charge in [-0.05, 0) is 42.2 Å². The molecule has 3 aromatic rings. The van der Waals surface area contributed by atoms with Crippen molar-refractivity contribution >= 4 is 9.84 Å². The minimum absolute atomic E-state index is 0.0898. The Morgan fingerprint density at radius 3 is 2.31 bits per heavy atom. The number of hydrogen-bond acceptors (Lipinski definition) is 7. The molecule has 0 unspecified atom stereocenters. The Bertz CT molecular complexity index is 1180. The van der Waals surface area contributed by atoms with Crippen LogP contribution in [0.2, 0.25) is 0 Å². The molecule has 0 aliphatic heterocycles. The van der Waals surface area contributed by atoms with Gasteiger partial charge in [0.2, 0.25) is 14.9 Å². The van der Waals surface area contributed by atoms with Crippen LogP contribution in [0.3, 0.4) is 0 Å². The Labute approximate surface area is 169 Å². The molecule has 0 bridgehead atoms. The molecule has 29 heavy (non-hydrogen) atoms. The lowest BCUT2D eigenvalue weighted by Crippen LogP contribution is -2.12. The van der Waals surface area contributed by atoms with Crippen LogP contribution in [0, 0.1) is 6.92 Å². The number of nitrogens with zero attached hydrogens (tertiary/aromatic N) is 3. The van der Waals surface area contributed by atoms with Crippen LogP contribution in [0.4, 0.5) is 0 Å². The molecule has 2 N–H and O–H groups in total. The third-order valence-corrected chi connectivity index (χ3v) is 6.37. The van der Waals surface area contributed by atoms with Crippen molar-refractivity contribution in [3.63, 3.8) is 0 Å².